The van der Waals surface area contributed by atoms with Crippen molar-refractivity contribution in [3.05, 3.63) is 0 Å². The SMILES string of the molecule is CCCCCC1CC(C)[C@H]1C1CC2CCCC21. The second-order valence-corrected chi connectivity index (χ2v) is 7.30. The van der Waals surface area contributed by atoms with E-state index in [2.05, 4.69) is 13.8 Å². The van der Waals surface area contributed by atoms with Crippen LogP contribution in [0.25, 0.3) is 0 Å². The van der Waals surface area contributed by atoms with Gasteiger partial charge in [0.15, 0.2) is 0 Å². The van der Waals surface area contributed by atoms with E-state index >= 15 is 0 Å². The van der Waals surface area contributed by atoms with E-state index in [1.54, 1.807) is 38.5 Å². The molecule has 0 spiro atoms. The van der Waals surface area contributed by atoms with Crippen LogP contribution < -0.4 is 0 Å². The summed E-state index contributed by atoms with van der Waals surface area (Å²) in [6.45, 7) is 4.86. The molecule has 5 unspecified atom stereocenters. The Morgan fingerprint density at radius 1 is 1.00 bits per heavy atom. The van der Waals surface area contributed by atoms with E-state index in [9.17, 15) is 0 Å². The molecule has 0 nitrogen and oxygen atoms in total. The van der Waals surface area contributed by atoms with Crippen LogP contribution in [0.4, 0.5) is 0 Å². The van der Waals surface area contributed by atoms with Crippen LogP contribution in [0, 0.1) is 35.5 Å². The van der Waals surface area contributed by atoms with Crippen molar-refractivity contribution in [1.82, 2.24) is 0 Å². The smallest absolute Gasteiger partial charge is 0.0329 e. The first kappa shape index (κ1) is 12.1. The van der Waals surface area contributed by atoms with Gasteiger partial charge in [-0.25, -0.2) is 0 Å². The van der Waals surface area contributed by atoms with Crippen molar-refractivity contribution in [3.63, 3.8) is 0 Å². The van der Waals surface area contributed by atoms with Crippen LogP contribution in [0.3, 0.4) is 0 Å². The molecule has 0 radical (unpaired) electrons. The van der Waals surface area contributed by atoms with Crippen molar-refractivity contribution >= 4 is 0 Å². The van der Waals surface area contributed by atoms with E-state index in [1.165, 1.54) is 31.1 Å². The van der Waals surface area contributed by atoms with Gasteiger partial charge < -0.3 is 0 Å². The van der Waals surface area contributed by atoms with Crippen LogP contribution in [0.15, 0.2) is 0 Å². The average Bonchev–Trinajstić information content (AvgIpc) is 2.66. The van der Waals surface area contributed by atoms with Gasteiger partial charge in [-0.2, -0.15) is 0 Å². The lowest BCUT2D eigenvalue weighted by Crippen LogP contribution is -2.49. The second kappa shape index (κ2) is 4.94. The highest BCUT2D eigenvalue weighted by Crippen LogP contribution is 2.61. The summed E-state index contributed by atoms with van der Waals surface area (Å²) in [4.78, 5) is 0. The molecule has 0 aromatic rings. The Kier molecular flexibility index (Phi) is 3.50. The normalized spacial score (nSPS) is 48.4. The van der Waals surface area contributed by atoms with Crippen molar-refractivity contribution < 1.29 is 0 Å². The summed E-state index contributed by atoms with van der Waals surface area (Å²) < 4.78 is 0. The molecule has 3 aliphatic carbocycles. The van der Waals surface area contributed by atoms with Gasteiger partial charge >= 0.3 is 0 Å². The van der Waals surface area contributed by atoms with E-state index in [-0.39, 0.29) is 0 Å². The quantitative estimate of drug-likeness (QED) is 0.568. The fourth-order valence-electron chi connectivity index (χ4n) is 5.49. The van der Waals surface area contributed by atoms with Gasteiger partial charge in [0.2, 0.25) is 0 Å². The molecule has 0 aromatic heterocycles. The van der Waals surface area contributed by atoms with E-state index in [0.29, 0.717) is 0 Å². The number of unbranched alkanes of at least 4 members (excludes halogenated alkanes) is 2. The monoisotopic (exact) mass is 234 g/mol. The lowest BCUT2D eigenvalue weighted by atomic mass is 9.49. The lowest BCUT2D eigenvalue weighted by molar-refractivity contribution is -0.0684. The highest BCUT2D eigenvalue weighted by atomic mass is 14.6. The zero-order valence-corrected chi connectivity index (χ0v) is 11.8. The van der Waals surface area contributed by atoms with Crippen LogP contribution in [-0.2, 0) is 0 Å². The Hall–Kier alpha value is 0. The molecule has 98 valence electrons. The first-order valence-electron chi connectivity index (χ1n) is 8.31. The van der Waals surface area contributed by atoms with Gasteiger partial charge in [-0.3, -0.25) is 0 Å². The number of hydrogen-bond donors (Lipinski definition) is 0. The third kappa shape index (κ3) is 2.06. The molecule has 0 aromatic carbocycles. The first-order valence-corrected chi connectivity index (χ1v) is 8.31. The summed E-state index contributed by atoms with van der Waals surface area (Å²) in [5.41, 5.74) is 0. The van der Waals surface area contributed by atoms with Crippen LogP contribution in [0.1, 0.15) is 71.6 Å². The van der Waals surface area contributed by atoms with Crippen LogP contribution in [0.2, 0.25) is 0 Å². The first-order chi connectivity index (χ1) is 8.31. The molecule has 0 N–H and O–H groups in total. The zero-order chi connectivity index (χ0) is 11.8. The fourth-order valence-corrected chi connectivity index (χ4v) is 5.49. The average molecular weight is 234 g/mol. The number of rotatable bonds is 5. The predicted octanol–water partition coefficient (Wildman–Crippen LogP) is 5.28. The summed E-state index contributed by atoms with van der Waals surface area (Å²) in [5, 5.41) is 0. The Morgan fingerprint density at radius 2 is 1.88 bits per heavy atom. The van der Waals surface area contributed by atoms with Gasteiger partial charge in [0.05, 0.1) is 0 Å². The Labute approximate surface area is 108 Å². The minimum atomic E-state index is 1.06. The Morgan fingerprint density at radius 3 is 2.59 bits per heavy atom. The molecule has 3 aliphatic rings. The third-order valence-corrected chi connectivity index (χ3v) is 6.39. The third-order valence-electron chi connectivity index (χ3n) is 6.39. The molecular weight excluding hydrogens is 204 g/mol. The maximum Gasteiger partial charge on any atom is -0.0329 e. The van der Waals surface area contributed by atoms with Gasteiger partial charge in [0, 0.05) is 0 Å². The lowest BCUT2D eigenvalue weighted by Gasteiger charge is -2.56. The molecule has 0 aliphatic heterocycles. The molecule has 0 amide bonds. The summed E-state index contributed by atoms with van der Waals surface area (Å²) in [6.07, 6.45) is 13.8. The minimum Gasteiger partial charge on any atom is -0.0654 e. The van der Waals surface area contributed by atoms with Gasteiger partial charge in [0.25, 0.3) is 0 Å². The van der Waals surface area contributed by atoms with Crippen LogP contribution in [-0.4, -0.2) is 0 Å². The second-order valence-electron chi connectivity index (χ2n) is 7.30. The van der Waals surface area contributed by atoms with Crippen molar-refractivity contribution in [2.75, 3.05) is 0 Å². The molecule has 3 rings (SSSR count). The summed E-state index contributed by atoms with van der Waals surface area (Å²) in [7, 11) is 0. The van der Waals surface area contributed by atoms with Gasteiger partial charge in [-0.05, 0) is 54.8 Å². The van der Waals surface area contributed by atoms with Crippen LogP contribution in [0.5, 0.6) is 0 Å². The zero-order valence-electron chi connectivity index (χ0n) is 11.8. The van der Waals surface area contributed by atoms with E-state index in [4.69, 9.17) is 0 Å². The van der Waals surface area contributed by atoms with Gasteiger partial charge in [-0.15, -0.1) is 0 Å². The maximum absolute atomic E-state index is 2.53. The standard InChI is InChI=1S/C17H30/c1-3-4-5-7-14-10-12(2)17(14)16-11-13-8-6-9-15(13)16/h12-17H,3-11H2,1-2H3/t12?,13?,14?,15?,16?,17-/m1/s1. The minimum absolute atomic E-state index is 1.06. The molecule has 6 atom stereocenters. The maximum atomic E-state index is 2.53. The molecule has 0 heterocycles. The largest absolute Gasteiger partial charge is 0.0654 e. The number of fused-ring (bicyclic) bond motifs is 1. The molecule has 3 saturated carbocycles. The van der Waals surface area contributed by atoms with Crippen molar-refractivity contribution in [1.29, 1.82) is 0 Å². The van der Waals surface area contributed by atoms with Crippen molar-refractivity contribution in [2.24, 2.45) is 35.5 Å². The van der Waals surface area contributed by atoms with E-state index in [0.717, 1.165) is 23.7 Å². The van der Waals surface area contributed by atoms with Crippen molar-refractivity contribution in [2.45, 2.75) is 71.6 Å². The van der Waals surface area contributed by atoms with E-state index < -0.39 is 0 Å². The molecule has 3 fully saturated rings. The highest BCUT2D eigenvalue weighted by Gasteiger charge is 2.53. The van der Waals surface area contributed by atoms with Crippen LogP contribution >= 0.6 is 0 Å². The highest BCUT2D eigenvalue weighted by molar-refractivity contribution is 5.02. The Bertz CT molecular complexity index is 257. The predicted molar refractivity (Wildman–Crippen MR) is 73.8 cm³/mol. The van der Waals surface area contributed by atoms with Gasteiger partial charge in [0.1, 0.15) is 0 Å². The van der Waals surface area contributed by atoms with Gasteiger partial charge in [-0.1, -0.05) is 52.4 Å². The molecule has 0 bridgehead atoms. The van der Waals surface area contributed by atoms with E-state index in [1.807, 2.05) is 0 Å². The molecule has 0 saturated heterocycles. The van der Waals surface area contributed by atoms with Crippen molar-refractivity contribution in [3.8, 4) is 0 Å². The number of hydrogen-bond acceptors (Lipinski definition) is 0. The Balaban J connectivity index is 1.51. The fraction of sp³-hybridized carbons (Fsp3) is 1.00. The summed E-state index contributed by atoms with van der Waals surface area (Å²) >= 11 is 0. The molecular formula is C17H30. The summed E-state index contributed by atoms with van der Waals surface area (Å²) in [6, 6.07) is 0. The summed E-state index contributed by atoms with van der Waals surface area (Å²) in [5.74, 6) is 6.85. The topological polar surface area (TPSA) is 0 Å². The molecule has 0 heteroatoms. The molecule has 17 heavy (non-hydrogen) atoms.